The predicted molar refractivity (Wildman–Crippen MR) is 123 cm³/mol. The van der Waals surface area contributed by atoms with Gasteiger partial charge in [-0.3, -0.25) is 9.59 Å². The second-order valence-corrected chi connectivity index (χ2v) is 8.26. The molecule has 0 aliphatic carbocycles. The first-order chi connectivity index (χ1) is 14.1. The van der Waals surface area contributed by atoms with Gasteiger partial charge in [-0.25, -0.2) is 0 Å². The summed E-state index contributed by atoms with van der Waals surface area (Å²) in [6.07, 6.45) is 19.8. The fourth-order valence-corrected chi connectivity index (χ4v) is 3.52. The Morgan fingerprint density at radius 2 is 1.38 bits per heavy atom. The van der Waals surface area contributed by atoms with Gasteiger partial charge in [0.25, 0.3) is 0 Å². The number of unbranched alkanes of at least 4 members (excludes halogenated alkanes) is 10. The van der Waals surface area contributed by atoms with E-state index in [2.05, 4.69) is 25.7 Å². The highest BCUT2D eigenvalue weighted by molar-refractivity contribution is 5.86. The molecule has 0 heterocycles. The first kappa shape index (κ1) is 27.7. The Morgan fingerprint density at radius 3 is 2.00 bits per heavy atom. The zero-order chi connectivity index (χ0) is 21.6. The van der Waals surface area contributed by atoms with Gasteiger partial charge >= 0.3 is 5.97 Å². The van der Waals surface area contributed by atoms with Crippen molar-refractivity contribution in [3.8, 4) is 0 Å². The molecule has 0 aliphatic heterocycles. The molecule has 0 aromatic rings. The predicted octanol–water partition coefficient (Wildman–Crippen LogP) is 6.73. The standard InChI is InChI=1S/C25H47NO3/c1-4-7-9-11-12-15-19-23(18-14-10-8-5-2)22-29-25(28)20-16-13-17-21-26-24(27)6-3/h6,23H,3-5,7-22H2,1-2H3,(H,26,27). The lowest BCUT2D eigenvalue weighted by molar-refractivity contribution is -0.145. The van der Waals surface area contributed by atoms with Crippen molar-refractivity contribution in [3.63, 3.8) is 0 Å². The third-order valence-electron chi connectivity index (χ3n) is 5.45. The van der Waals surface area contributed by atoms with Gasteiger partial charge in [0, 0.05) is 13.0 Å². The van der Waals surface area contributed by atoms with Crippen LogP contribution in [0.15, 0.2) is 12.7 Å². The molecule has 1 amide bonds. The van der Waals surface area contributed by atoms with Crippen molar-refractivity contribution < 1.29 is 14.3 Å². The molecule has 0 aromatic carbocycles. The zero-order valence-electron chi connectivity index (χ0n) is 19.3. The normalized spacial score (nSPS) is 11.8. The average Bonchev–Trinajstić information content (AvgIpc) is 2.73. The van der Waals surface area contributed by atoms with Crippen molar-refractivity contribution in [2.24, 2.45) is 5.92 Å². The monoisotopic (exact) mass is 409 g/mol. The highest BCUT2D eigenvalue weighted by Crippen LogP contribution is 2.19. The van der Waals surface area contributed by atoms with Crippen LogP contribution in [-0.2, 0) is 14.3 Å². The zero-order valence-corrected chi connectivity index (χ0v) is 19.3. The third kappa shape index (κ3) is 19.8. The molecule has 0 aliphatic rings. The number of rotatable bonds is 21. The summed E-state index contributed by atoms with van der Waals surface area (Å²) in [6, 6.07) is 0. The Kier molecular flexibility index (Phi) is 20.4. The summed E-state index contributed by atoms with van der Waals surface area (Å²) in [5.74, 6) is 0.317. The second-order valence-electron chi connectivity index (χ2n) is 8.26. The van der Waals surface area contributed by atoms with Crippen LogP contribution in [0, 0.1) is 5.92 Å². The Bertz CT molecular complexity index is 409. The van der Waals surface area contributed by atoms with Gasteiger partial charge in [-0.15, -0.1) is 0 Å². The Hall–Kier alpha value is -1.32. The topological polar surface area (TPSA) is 55.4 Å². The van der Waals surface area contributed by atoms with Gasteiger partial charge in [-0.2, -0.15) is 0 Å². The van der Waals surface area contributed by atoms with Crippen LogP contribution in [0.5, 0.6) is 0 Å². The molecular weight excluding hydrogens is 362 g/mol. The molecule has 170 valence electrons. The smallest absolute Gasteiger partial charge is 0.305 e. The molecular formula is C25H47NO3. The molecule has 0 spiro atoms. The molecule has 29 heavy (non-hydrogen) atoms. The van der Waals surface area contributed by atoms with Crippen molar-refractivity contribution in [2.75, 3.05) is 13.2 Å². The number of carbonyl (C=O) groups is 2. The molecule has 1 atom stereocenters. The molecule has 0 fully saturated rings. The molecule has 4 nitrogen and oxygen atoms in total. The molecule has 4 heteroatoms. The molecule has 0 saturated carbocycles. The molecule has 0 saturated heterocycles. The Morgan fingerprint density at radius 1 is 0.828 bits per heavy atom. The van der Waals surface area contributed by atoms with E-state index in [0.717, 1.165) is 19.3 Å². The Balaban J connectivity index is 3.93. The first-order valence-electron chi connectivity index (χ1n) is 12.2. The van der Waals surface area contributed by atoms with Crippen LogP contribution >= 0.6 is 0 Å². The van der Waals surface area contributed by atoms with E-state index in [9.17, 15) is 9.59 Å². The molecule has 0 aromatic heterocycles. The highest BCUT2D eigenvalue weighted by Gasteiger charge is 2.12. The van der Waals surface area contributed by atoms with Crippen molar-refractivity contribution in [1.29, 1.82) is 0 Å². The van der Waals surface area contributed by atoms with Gasteiger partial charge < -0.3 is 10.1 Å². The summed E-state index contributed by atoms with van der Waals surface area (Å²) in [4.78, 5) is 23.1. The van der Waals surface area contributed by atoms with E-state index in [-0.39, 0.29) is 11.9 Å². The summed E-state index contributed by atoms with van der Waals surface area (Å²) in [5, 5.41) is 2.75. The minimum Gasteiger partial charge on any atom is -0.465 e. The maximum Gasteiger partial charge on any atom is 0.305 e. The minimum atomic E-state index is -0.139. The summed E-state index contributed by atoms with van der Waals surface area (Å²) in [6.45, 7) is 9.14. The van der Waals surface area contributed by atoms with E-state index in [4.69, 9.17) is 4.74 Å². The lowest BCUT2D eigenvalue weighted by Crippen LogP contribution is -2.21. The van der Waals surface area contributed by atoms with E-state index >= 15 is 0 Å². The fraction of sp³-hybridized carbons (Fsp3) is 0.840. The average molecular weight is 410 g/mol. The van der Waals surface area contributed by atoms with Crippen LogP contribution in [0.4, 0.5) is 0 Å². The van der Waals surface area contributed by atoms with Crippen molar-refractivity contribution in [3.05, 3.63) is 12.7 Å². The van der Waals surface area contributed by atoms with E-state index in [1.165, 1.54) is 83.1 Å². The SMILES string of the molecule is C=CC(=O)NCCCCCC(=O)OCC(CCCCCC)CCCCCCCC. The number of ether oxygens (including phenoxy) is 1. The van der Waals surface area contributed by atoms with E-state index in [0.29, 0.717) is 25.5 Å². The van der Waals surface area contributed by atoms with Crippen LogP contribution < -0.4 is 5.32 Å². The lowest BCUT2D eigenvalue weighted by atomic mass is 9.95. The largest absolute Gasteiger partial charge is 0.465 e. The number of hydrogen-bond acceptors (Lipinski definition) is 3. The first-order valence-corrected chi connectivity index (χ1v) is 12.2. The van der Waals surface area contributed by atoms with Crippen LogP contribution in [0.3, 0.4) is 0 Å². The molecule has 1 unspecified atom stereocenters. The molecule has 0 rings (SSSR count). The van der Waals surface area contributed by atoms with E-state index in [1.807, 2.05) is 0 Å². The number of nitrogens with one attached hydrogen (secondary N) is 1. The number of esters is 1. The number of carbonyl (C=O) groups excluding carboxylic acids is 2. The van der Waals surface area contributed by atoms with Crippen molar-refractivity contribution in [1.82, 2.24) is 5.32 Å². The second kappa shape index (κ2) is 21.4. The number of hydrogen-bond donors (Lipinski definition) is 1. The van der Waals surface area contributed by atoms with Crippen LogP contribution in [-0.4, -0.2) is 25.0 Å². The van der Waals surface area contributed by atoms with Gasteiger partial charge in [0.05, 0.1) is 6.61 Å². The molecule has 0 bridgehead atoms. The Labute approximate surface area is 180 Å². The van der Waals surface area contributed by atoms with Gasteiger partial charge in [-0.05, 0) is 37.7 Å². The van der Waals surface area contributed by atoms with Crippen molar-refractivity contribution in [2.45, 2.75) is 117 Å². The number of amides is 1. The summed E-state index contributed by atoms with van der Waals surface area (Å²) < 4.78 is 5.60. The van der Waals surface area contributed by atoms with Crippen LogP contribution in [0.2, 0.25) is 0 Å². The van der Waals surface area contributed by atoms with E-state index in [1.54, 1.807) is 0 Å². The van der Waals surface area contributed by atoms with Gasteiger partial charge in [0.1, 0.15) is 0 Å². The third-order valence-corrected chi connectivity index (χ3v) is 5.45. The van der Waals surface area contributed by atoms with Gasteiger partial charge in [0.2, 0.25) is 5.91 Å². The highest BCUT2D eigenvalue weighted by atomic mass is 16.5. The summed E-state index contributed by atoms with van der Waals surface area (Å²) in [5.41, 5.74) is 0. The van der Waals surface area contributed by atoms with Crippen LogP contribution in [0.25, 0.3) is 0 Å². The lowest BCUT2D eigenvalue weighted by Gasteiger charge is -2.17. The minimum absolute atomic E-state index is 0.0679. The molecule has 1 N–H and O–H groups in total. The van der Waals surface area contributed by atoms with E-state index < -0.39 is 0 Å². The van der Waals surface area contributed by atoms with Gasteiger partial charge in [0.15, 0.2) is 0 Å². The van der Waals surface area contributed by atoms with Gasteiger partial charge in [-0.1, -0.05) is 91.1 Å². The summed E-state index contributed by atoms with van der Waals surface area (Å²) in [7, 11) is 0. The maximum atomic E-state index is 12.1. The van der Waals surface area contributed by atoms with Crippen molar-refractivity contribution >= 4 is 11.9 Å². The quantitative estimate of drug-likeness (QED) is 0.130. The molecule has 0 radical (unpaired) electrons. The summed E-state index contributed by atoms with van der Waals surface area (Å²) >= 11 is 0. The van der Waals surface area contributed by atoms with Crippen LogP contribution in [0.1, 0.15) is 117 Å². The fourth-order valence-electron chi connectivity index (χ4n) is 3.52. The maximum absolute atomic E-state index is 12.1.